The third-order valence-corrected chi connectivity index (χ3v) is 3.51. The molecule has 0 radical (unpaired) electrons. The second-order valence-electron chi connectivity index (χ2n) is 5.06. The standard InChI is InChI=1S/C13H17FN4O/c14-10-7-15-4-3-12(10)18-6-5-16-11(8-18)13(19)17-9-1-2-9/h3-4,7,9,11,16H,1-2,5-6,8H2,(H,17,19)/t11-/m1/s1. The van der Waals surface area contributed by atoms with Crippen LogP contribution in [0.4, 0.5) is 10.1 Å². The number of nitrogens with one attached hydrogen (secondary N) is 2. The number of hydrogen-bond donors (Lipinski definition) is 2. The zero-order valence-electron chi connectivity index (χ0n) is 10.6. The van der Waals surface area contributed by atoms with Crippen LogP contribution in [0.15, 0.2) is 18.5 Å². The van der Waals surface area contributed by atoms with Crippen LogP contribution in [0.3, 0.4) is 0 Å². The first-order valence-corrected chi connectivity index (χ1v) is 6.62. The average Bonchev–Trinajstić information content (AvgIpc) is 3.23. The van der Waals surface area contributed by atoms with Gasteiger partial charge in [0.1, 0.15) is 6.04 Å². The van der Waals surface area contributed by atoms with E-state index in [1.165, 1.54) is 6.20 Å². The summed E-state index contributed by atoms with van der Waals surface area (Å²) in [6.45, 7) is 1.85. The second-order valence-corrected chi connectivity index (χ2v) is 5.06. The number of anilines is 1. The van der Waals surface area contributed by atoms with Crippen molar-refractivity contribution in [3.05, 3.63) is 24.3 Å². The molecule has 2 aliphatic rings. The number of piperazine rings is 1. The van der Waals surface area contributed by atoms with Crippen LogP contribution < -0.4 is 15.5 Å². The minimum Gasteiger partial charge on any atom is -0.366 e. The van der Waals surface area contributed by atoms with Crippen molar-refractivity contribution in [3.8, 4) is 0 Å². The first-order chi connectivity index (χ1) is 9.24. The molecule has 19 heavy (non-hydrogen) atoms. The molecule has 1 atom stereocenters. The highest BCUT2D eigenvalue weighted by Crippen LogP contribution is 2.21. The molecule has 6 heteroatoms. The average molecular weight is 264 g/mol. The maximum Gasteiger partial charge on any atom is 0.239 e. The van der Waals surface area contributed by atoms with Crippen molar-refractivity contribution in [1.29, 1.82) is 0 Å². The van der Waals surface area contributed by atoms with E-state index in [0.29, 0.717) is 31.4 Å². The third-order valence-electron chi connectivity index (χ3n) is 3.51. The fourth-order valence-electron chi connectivity index (χ4n) is 2.30. The van der Waals surface area contributed by atoms with Gasteiger partial charge in [0, 0.05) is 31.9 Å². The molecule has 1 saturated heterocycles. The molecule has 3 rings (SSSR count). The molecule has 1 aromatic heterocycles. The smallest absolute Gasteiger partial charge is 0.239 e. The third kappa shape index (κ3) is 2.84. The Labute approximate surface area is 111 Å². The SMILES string of the molecule is O=C(NC1CC1)[C@H]1CN(c2ccncc2F)CCN1. The van der Waals surface area contributed by atoms with Crippen LogP contribution in [0, 0.1) is 5.82 Å². The molecule has 0 aromatic carbocycles. The van der Waals surface area contributed by atoms with E-state index in [2.05, 4.69) is 15.6 Å². The van der Waals surface area contributed by atoms with Gasteiger partial charge in [-0.15, -0.1) is 0 Å². The fraction of sp³-hybridized carbons (Fsp3) is 0.538. The Morgan fingerprint density at radius 3 is 3.11 bits per heavy atom. The van der Waals surface area contributed by atoms with Crippen LogP contribution in [0.25, 0.3) is 0 Å². The summed E-state index contributed by atoms with van der Waals surface area (Å²) in [6.07, 6.45) is 4.92. The number of pyridine rings is 1. The van der Waals surface area contributed by atoms with Gasteiger partial charge in [-0.2, -0.15) is 0 Å². The molecule has 1 amide bonds. The Morgan fingerprint density at radius 1 is 1.53 bits per heavy atom. The number of amides is 1. The molecule has 1 aliphatic heterocycles. The summed E-state index contributed by atoms with van der Waals surface area (Å²) in [5.74, 6) is -0.326. The monoisotopic (exact) mass is 264 g/mol. The van der Waals surface area contributed by atoms with E-state index in [1.54, 1.807) is 12.3 Å². The lowest BCUT2D eigenvalue weighted by Gasteiger charge is -2.34. The Kier molecular flexibility index (Phi) is 3.33. The van der Waals surface area contributed by atoms with Crippen molar-refractivity contribution in [1.82, 2.24) is 15.6 Å². The zero-order valence-corrected chi connectivity index (χ0v) is 10.6. The molecule has 2 heterocycles. The molecule has 2 N–H and O–H groups in total. The highest BCUT2D eigenvalue weighted by atomic mass is 19.1. The van der Waals surface area contributed by atoms with E-state index in [-0.39, 0.29) is 17.8 Å². The number of halogens is 1. The first kappa shape index (κ1) is 12.3. The Bertz CT molecular complexity index is 477. The Balaban J connectivity index is 1.67. The summed E-state index contributed by atoms with van der Waals surface area (Å²) >= 11 is 0. The number of hydrogen-bond acceptors (Lipinski definition) is 4. The number of carbonyl (C=O) groups excluding carboxylic acids is 1. The normalized spacial score (nSPS) is 23.2. The van der Waals surface area contributed by atoms with E-state index < -0.39 is 0 Å². The van der Waals surface area contributed by atoms with Crippen LogP contribution in [0.2, 0.25) is 0 Å². The summed E-state index contributed by atoms with van der Waals surface area (Å²) in [7, 11) is 0. The highest BCUT2D eigenvalue weighted by molar-refractivity contribution is 5.83. The zero-order chi connectivity index (χ0) is 13.2. The van der Waals surface area contributed by atoms with Gasteiger partial charge in [-0.3, -0.25) is 9.78 Å². The van der Waals surface area contributed by atoms with E-state index in [1.807, 2.05) is 4.90 Å². The van der Waals surface area contributed by atoms with Gasteiger partial charge in [-0.1, -0.05) is 0 Å². The van der Waals surface area contributed by atoms with Crippen molar-refractivity contribution in [2.45, 2.75) is 24.9 Å². The molecule has 0 bridgehead atoms. The van der Waals surface area contributed by atoms with E-state index in [9.17, 15) is 9.18 Å². The molecular weight excluding hydrogens is 247 g/mol. The molecule has 102 valence electrons. The van der Waals surface area contributed by atoms with Crippen LogP contribution in [0.1, 0.15) is 12.8 Å². The van der Waals surface area contributed by atoms with E-state index >= 15 is 0 Å². The number of carbonyl (C=O) groups is 1. The lowest BCUT2D eigenvalue weighted by atomic mass is 10.1. The van der Waals surface area contributed by atoms with Gasteiger partial charge in [0.25, 0.3) is 0 Å². The quantitative estimate of drug-likeness (QED) is 0.823. The minimum absolute atomic E-state index is 0.0154. The van der Waals surface area contributed by atoms with Gasteiger partial charge in [-0.25, -0.2) is 4.39 Å². The highest BCUT2D eigenvalue weighted by Gasteiger charge is 2.30. The van der Waals surface area contributed by atoms with Crippen LogP contribution in [-0.4, -0.2) is 42.6 Å². The summed E-state index contributed by atoms with van der Waals surface area (Å²) in [5, 5.41) is 6.16. The van der Waals surface area contributed by atoms with Crippen LogP contribution in [0.5, 0.6) is 0 Å². The second kappa shape index (κ2) is 5.13. The molecule has 2 fully saturated rings. The molecule has 0 unspecified atom stereocenters. The molecular formula is C13H17FN4O. The van der Waals surface area contributed by atoms with Crippen LogP contribution >= 0.6 is 0 Å². The van der Waals surface area contributed by atoms with Gasteiger partial charge in [0.05, 0.1) is 11.9 Å². The Hall–Kier alpha value is -1.69. The summed E-state index contributed by atoms with van der Waals surface area (Å²) in [4.78, 5) is 17.6. The van der Waals surface area contributed by atoms with E-state index in [0.717, 1.165) is 12.8 Å². The number of rotatable bonds is 3. The molecule has 0 spiro atoms. The van der Waals surface area contributed by atoms with Gasteiger partial charge in [0.15, 0.2) is 5.82 Å². The van der Waals surface area contributed by atoms with Gasteiger partial charge in [0.2, 0.25) is 5.91 Å². The molecule has 5 nitrogen and oxygen atoms in total. The summed E-state index contributed by atoms with van der Waals surface area (Å²) in [6, 6.07) is 1.72. The minimum atomic E-state index is -0.342. The van der Waals surface area contributed by atoms with Gasteiger partial charge < -0.3 is 15.5 Å². The maximum absolute atomic E-state index is 13.7. The first-order valence-electron chi connectivity index (χ1n) is 6.62. The fourth-order valence-corrected chi connectivity index (χ4v) is 2.30. The summed E-state index contributed by atoms with van der Waals surface area (Å²) in [5.41, 5.74) is 0.515. The summed E-state index contributed by atoms with van der Waals surface area (Å²) < 4.78 is 13.7. The van der Waals surface area contributed by atoms with Crippen molar-refractivity contribution in [3.63, 3.8) is 0 Å². The lowest BCUT2D eigenvalue weighted by Crippen LogP contribution is -2.57. The predicted octanol–water partition coefficient (Wildman–Crippen LogP) is 0.277. The van der Waals surface area contributed by atoms with Crippen molar-refractivity contribution >= 4 is 11.6 Å². The maximum atomic E-state index is 13.7. The van der Waals surface area contributed by atoms with Crippen molar-refractivity contribution in [2.24, 2.45) is 0 Å². The Morgan fingerprint density at radius 2 is 2.37 bits per heavy atom. The van der Waals surface area contributed by atoms with Crippen LogP contribution in [-0.2, 0) is 4.79 Å². The van der Waals surface area contributed by atoms with Gasteiger partial charge in [-0.05, 0) is 18.9 Å². The number of nitrogens with zero attached hydrogens (tertiary/aromatic N) is 2. The largest absolute Gasteiger partial charge is 0.366 e. The van der Waals surface area contributed by atoms with E-state index in [4.69, 9.17) is 0 Å². The predicted molar refractivity (Wildman–Crippen MR) is 69.4 cm³/mol. The lowest BCUT2D eigenvalue weighted by molar-refractivity contribution is -0.123. The van der Waals surface area contributed by atoms with Crippen molar-refractivity contribution < 1.29 is 9.18 Å². The molecule has 1 aromatic rings. The van der Waals surface area contributed by atoms with Gasteiger partial charge >= 0.3 is 0 Å². The topological polar surface area (TPSA) is 57.3 Å². The molecule has 1 saturated carbocycles. The van der Waals surface area contributed by atoms with Crippen molar-refractivity contribution in [2.75, 3.05) is 24.5 Å². The number of aromatic nitrogens is 1. The molecule has 1 aliphatic carbocycles.